The standard InChI is InChI=1S/C32H34N4O4S/c1-22-31(40-21-23-13-15-26(33-5)16-14-23)29(25(20-37)18-34-22)19-35-27-10-8-9-24(17-27)28-11-6-7-12-30(28)41(38,39)36-32(2,3)4/h6-18,35-37H,19-21H2,1-4H3. The summed E-state index contributed by atoms with van der Waals surface area (Å²) >= 11 is 0. The number of rotatable bonds is 10. The number of aromatic nitrogens is 1. The molecule has 8 nitrogen and oxygen atoms in total. The zero-order valence-electron chi connectivity index (χ0n) is 23.6. The van der Waals surface area contributed by atoms with Gasteiger partial charge in [-0.25, -0.2) is 18.0 Å². The first-order chi connectivity index (χ1) is 19.5. The number of hydrogen-bond donors (Lipinski definition) is 3. The lowest BCUT2D eigenvalue weighted by Gasteiger charge is -2.22. The van der Waals surface area contributed by atoms with Crippen LogP contribution in [0.3, 0.4) is 0 Å². The molecule has 4 aromatic rings. The number of pyridine rings is 1. The number of benzene rings is 3. The van der Waals surface area contributed by atoms with E-state index in [4.69, 9.17) is 11.3 Å². The third-order valence-electron chi connectivity index (χ3n) is 6.28. The Morgan fingerprint density at radius 1 is 1.02 bits per heavy atom. The van der Waals surface area contributed by atoms with Gasteiger partial charge in [-0.15, -0.1) is 0 Å². The summed E-state index contributed by atoms with van der Waals surface area (Å²) in [7, 11) is -3.75. The summed E-state index contributed by atoms with van der Waals surface area (Å²) in [6, 6.07) is 21.7. The Morgan fingerprint density at radius 2 is 1.76 bits per heavy atom. The highest BCUT2D eigenvalue weighted by Gasteiger charge is 2.25. The molecule has 4 rings (SSSR count). The number of nitrogens with zero attached hydrogens (tertiary/aromatic N) is 2. The number of anilines is 1. The molecule has 9 heteroatoms. The summed E-state index contributed by atoms with van der Waals surface area (Å²) in [5, 5.41) is 13.4. The van der Waals surface area contributed by atoms with Crippen molar-refractivity contribution in [3.63, 3.8) is 0 Å². The highest BCUT2D eigenvalue weighted by atomic mass is 32.2. The lowest BCUT2D eigenvalue weighted by atomic mass is 10.0. The Morgan fingerprint density at radius 3 is 2.44 bits per heavy atom. The van der Waals surface area contributed by atoms with Gasteiger partial charge in [-0.05, 0) is 57.0 Å². The highest BCUT2D eigenvalue weighted by Crippen LogP contribution is 2.31. The molecule has 1 aromatic heterocycles. The van der Waals surface area contributed by atoms with Crippen molar-refractivity contribution in [2.45, 2.75) is 57.9 Å². The lowest BCUT2D eigenvalue weighted by molar-refractivity contribution is 0.273. The maximum Gasteiger partial charge on any atom is 0.241 e. The van der Waals surface area contributed by atoms with Gasteiger partial charge in [-0.2, -0.15) is 0 Å². The van der Waals surface area contributed by atoms with Crippen LogP contribution in [0.1, 0.15) is 43.2 Å². The number of hydrogen-bond acceptors (Lipinski definition) is 6. The van der Waals surface area contributed by atoms with Crippen LogP contribution < -0.4 is 14.8 Å². The molecule has 0 aliphatic heterocycles. The number of sulfonamides is 1. The number of nitrogens with one attached hydrogen (secondary N) is 2. The Kier molecular flexibility index (Phi) is 9.08. The fourth-order valence-electron chi connectivity index (χ4n) is 4.40. The molecule has 3 N–H and O–H groups in total. The molecule has 0 atom stereocenters. The molecular formula is C32H34N4O4S. The SMILES string of the molecule is [C-]#[N+]c1ccc(COc2c(C)ncc(CO)c2CNc2cccc(-c3ccccc3S(=O)(=O)NC(C)(C)C)c2)cc1. The molecule has 0 radical (unpaired) electrons. The second-order valence-electron chi connectivity index (χ2n) is 10.7. The van der Waals surface area contributed by atoms with E-state index in [0.29, 0.717) is 34.8 Å². The predicted octanol–water partition coefficient (Wildman–Crippen LogP) is 6.37. The van der Waals surface area contributed by atoms with E-state index in [1.165, 1.54) is 0 Å². The van der Waals surface area contributed by atoms with Gasteiger partial charge in [0.2, 0.25) is 10.0 Å². The fraction of sp³-hybridized carbons (Fsp3) is 0.250. The van der Waals surface area contributed by atoms with E-state index in [1.54, 1.807) is 36.5 Å². The Bertz CT molecular complexity index is 1670. The predicted molar refractivity (Wildman–Crippen MR) is 161 cm³/mol. The monoisotopic (exact) mass is 570 g/mol. The largest absolute Gasteiger partial charge is 0.487 e. The summed E-state index contributed by atoms with van der Waals surface area (Å²) in [5.41, 5.74) is 5.08. The quantitative estimate of drug-likeness (QED) is 0.192. The van der Waals surface area contributed by atoms with Gasteiger partial charge in [-0.3, -0.25) is 4.98 Å². The lowest BCUT2D eigenvalue weighted by Crippen LogP contribution is -2.40. The van der Waals surface area contributed by atoms with Crippen molar-refractivity contribution in [3.05, 3.63) is 113 Å². The molecule has 3 aromatic carbocycles. The van der Waals surface area contributed by atoms with Gasteiger partial charge in [0.1, 0.15) is 12.4 Å². The zero-order valence-corrected chi connectivity index (χ0v) is 24.4. The van der Waals surface area contributed by atoms with Crippen molar-refractivity contribution in [1.82, 2.24) is 9.71 Å². The molecule has 0 unspecified atom stereocenters. The van der Waals surface area contributed by atoms with Crippen molar-refractivity contribution in [1.29, 1.82) is 0 Å². The summed E-state index contributed by atoms with van der Waals surface area (Å²) in [6.07, 6.45) is 1.64. The minimum Gasteiger partial charge on any atom is -0.487 e. The van der Waals surface area contributed by atoms with E-state index in [9.17, 15) is 13.5 Å². The van der Waals surface area contributed by atoms with Gasteiger partial charge >= 0.3 is 0 Å². The van der Waals surface area contributed by atoms with Crippen LogP contribution in [0.5, 0.6) is 5.75 Å². The maximum absolute atomic E-state index is 13.2. The van der Waals surface area contributed by atoms with Crippen LogP contribution in [0.4, 0.5) is 11.4 Å². The van der Waals surface area contributed by atoms with E-state index in [0.717, 1.165) is 22.4 Å². The van der Waals surface area contributed by atoms with Gasteiger partial charge in [0.25, 0.3) is 0 Å². The topological polar surface area (TPSA) is 105 Å². The fourth-order valence-corrected chi connectivity index (χ4v) is 6.05. The van der Waals surface area contributed by atoms with Crippen LogP contribution in [0.2, 0.25) is 0 Å². The first-order valence-electron chi connectivity index (χ1n) is 13.2. The Hall–Kier alpha value is -4.23. The minimum atomic E-state index is -3.75. The molecule has 0 amide bonds. The summed E-state index contributed by atoms with van der Waals surface area (Å²) in [5.74, 6) is 0.583. The molecule has 0 fully saturated rings. The summed E-state index contributed by atoms with van der Waals surface area (Å²) in [6.45, 7) is 14.8. The maximum atomic E-state index is 13.2. The Labute approximate surface area is 241 Å². The molecule has 0 aliphatic rings. The van der Waals surface area contributed by atoms with Crippen molar-refractivity contribution < 1.29 is 18.3 Å². The van der Waals surface area contributed by atoms with Crippen LogP contribution in [0, 0.1) is 13.5 Å². The normalized spacial score (nSPS) is 11.6. The number of aliphatic hydroxyl groups excluding tert-OH is 1. The minimum absolute atomic E-state index is 0.202. The van der Waals surface area contributed by atoms with Crippen molar-refractivity contribution >= 4 is 21.4 Å². The van der Waals surface area contributed by atoms with Gasteiger partial charge in [0.15, 0.2) is 5.69 Å². The van der Waals surface area contributed by atoms with Gasteiger partial charge < -0.3 is 15.2 Å². The molecule has 0 saturated carbocycles. The molecule has 212 valence electrons. The molecule has 0 spiro atoms. The van der Waals surface area contributed by atoms with E-state index in [1.807, 2.05) is 70.2 Å². The van der Waals surface area contributed by atoms with Gasteiger partial charge in [0.05, 0.1) is 23.8 Å². The van der Waals surface area contributed by atoms with Crippen molar-refractivity contribution in [2.75, 3.05) is 5.32 Å². The summed E-state index contributed by atoms with van der Waals surface area (Å²) < 4.78 is 35.3. The summed E-state index contributed by atoms with van der Waals surface area (Å²) in [4.78, 5) is 8.03. The van der Waals surface area contributed by atoms with E-state index in [-0.39, 0.29) is 18.1 Å². The second-order valence-corrected chi connectivity index (χ2v) is 12.3. The van der Waals surface area contributed by atoms with Crippen LogP contribution in [-0.4, -0.2) is 24.0 Å². The average Bonchev–Trinajstić information content (AvgIpc) is 2.95. The molecule has 0 bridgehead atoms. The third-order valence-corrected chi connectivity index (χ3v) is 8.10. The van der Waals surface area contributed by atoms with Crippen LogP contribution >= 0.6 is 0 Å². The van der Waals surface area contributed by atoms with Crippen LogP contribution in [-0.2, 0) is 29.8 Å². The van der Waals surface area contributed by atoms with Crippen molar-refractivity contribution in [3.8, 4) is 16.9 Å². The van der Waals surface area contributed by atoms with Crippen molar-refractivity contribution in [2.24, 2.45) is 0 Å². The van der Waals surface area contributed by atoms with Gasteiger partial charge in [-0.1, -0.05) is 54.6 Å². The van der Waals surface area contributed by atoms with E-state index in [2.05, 4.69) is 19.9 Å². The Balaban J connectivity index is 1.59. The molecule has 0 saturated heterocycles. The average molecular weight is 571 g/mol. The second kappa shape index (κ2) is 12.5. The third kappa shape index (κ3) is 7.50. The van der Waals surface area contributed by atoms with E-state index < -0.39 is 15.6 Å². The number of aryl methyl sites for hydroxylation is 1. The zero-order chi connectivity index (χ0) is 29.6. The first-order valence-corrected chi connectivity index (χ1v) is 14.6. The smallest absolute Gasteiger partial charge is 0.241 e. The van der Waals surface area contributed by atoms with Crippen LogP contribution in [0.25, 0.3) is 16.0 Å². The number of aliphatic hydroxyl groups is 1. The molecule has 0 aliphatic carbocycles. The molecule has 41 heavy (non-hydrogen) atoms. The highest BCUT2D eigenvalue weighted by molar-refractivity contribution is 7.89. The number of ether oxygens (including phenoxy) is 1. The molecule has 1 heterocycles. The molecular weight excluding hydrogens is 536 g/mol. The van der Waals surface area contributed by atoms with E-state index >= 15 is 0 Å². The van der Waals surface area contributed by atoms with Crippen LogP contribution in [0.15, 0.2) is 83.9 Å². The first kappa shape index (κ1) is 29.7. The van der Waals surface area contributed by atoms with Gasteiger partial charge in [0, 0.05) is 40.7 Å².